The second kappa shape index (κ2) is 14.2. The second-order valence-corrected chi connectivity index (χ2v) is 10.9. The first-order valence-corrected chi connectivity index (χ1v) is 12.9. The van der Waals surface area contributed by atoms with Crippen molar-refractivity contribution in [1.82, 2.24) is 14.8 Å². The van der Waals surface area contributed by atoms with Gasteiger partial charge >= 0.3 is 24.3 Å². The Labute approximate surface area is 231 Å². The number of nitrogens with zero attached hydrogens (tertiary/aromatic N) is 3. The monoisotopic (exact) mass is 599 g/mol. The number of ether oxygens (including phenoxy) is 1. The largest absolute Gasteiger partial charge is 0.490 e. The smallest absolute Gasteiger partial charge is 0.475 e. The summed E-state index contributed by atoms with van der Waals surface area (Å²) in [5.74, 6) is -5.51. The molecule has 4 rings (SSSR count). The molecule has 0 aliphatic carbocycles. The third kappa shape index (κ3) is 11.0. The molecule has 2 aliphatic rings. The lowest BCUT2D eigenvalue weighted by Crippen LogP contribution is -2.44. The van der Waals surface area contributed by atoms with Gasteiger partial charge in [0.25, 0.3) is 0 Å². The number of carboxylic acids is 2. The first kappa shape index (κ1) is 33.5. The maximum absolute atomic E-state index is 10.6. The summed E-state index contributed by atoms with van der Waals surface area (Å²) in [5, 5.41) is 14.2. The van der Waals surface area contributed by atoms with E-state index in [1.807, 2.05) is 23.6 Å². The number of thiophene rings is 1. The summed E-state index contributed by atoms with van der Waals surface area (Å²) in [6.07, 6.45) is -4.82. The SMILES string of the molecule is Cc1ccc(CN2CCC3(CC2)CC(N(C)Cc2ccccn2)CO3)s1.O=C(O)C(F)(F)F.O=C(O)C(F)(F)F. The molecule has 0 aromatic carbocycles. The number of aryl methyl sites for hydroxylation is 1. The number of alkyl halides is 6. The maximum atomic E-state index is 10.6. The zero-order valence-electron chi connectivity index (χ0n) is 21.8. The van der Waals surface area contributed by atoms with Gasteiger partial charge in [0.15, 0.2) is 0 Å². The Morgan fingerprint density at radius 3 is 2.10 bits per heavy atom. The Morgan fingerprint density at radius 1 is 1.07 bits per heavy atom. The number of pyridine rings is 1. The normalized spacial score (nSPS) is 19.0. The van der Waals surface area contributed by atoms with Crippen molar-refractivity contribution in [2.24, 2.45) is 0 Å². The van der Waals surface area contributed by atoms with E-state index in [4.69, 9.17) is 24.5 Å². The van der Waals surface area contributed by atoms with Gasteiger partial charge in [-0.1, -0.05) is 6.07 Å². The summed E-state index contributed by atoms with van der Waals surface area (Å²) in [6, 6.07) is 11.2. The van der Waals surface area contributed by atoms with E-state index in [1.54, 1.807) is 0 Å². The van der Waals surface area contributed by atoms with Crippen molar-refractivity contribution in [2.75, 3.05) is 26.7 Å². The van der Waals surface area contributed by atoms with E-state index in [2.05, 4.69) is 53.0 Å². The standard InChI is InChI=1S/C21H29N3OS.2C2HF3O2/c1-17-6-7-20(26-17)15-24-11-8-21(9-12-24)13-19(16-25-21)23(2)14-18-5-3-4-10-22-18;2*3-2(4,5)1(6)7/h3-7,10,19H,8-9,11-16H2,1-2H3;2*(H,6,7). The number of likely N-dealkylation sites (N-methyl/N-ethyl adjacent to an activating group) is 1. The molecule has 1 atom stereocenters. The molecule has 1 spiro atoms. The number of likely N-dealkylation sites (tertiary alicyclic amines) is 1. The van der Waals surface area contributed by atoms with Crippen molar-refractivity contribution in [1.29, 1.82) is 0 Å². The summed E-state index contributed by atoms with van der Waals surface area (Å²) in [7, 11) is 2.20. The zero-order valence-corrected chi connectivity index (χ0v) is 22.7. The third-order valence-electron chi connectivity index (χ3n) is 6.38. The van der Waals surface area contributed by atoms with Gasteiger partial charge in [-0.25, -0.2) is 9.59 Å². The number of carbonyl (C=O) groups is 2. The molecule has 2 fully saturated rings. The fraction of sp³-hybridized carbons (Fsp3) is 0.560. The van der Waals surface area contributed by atoms with Crippen LogP contribution in [-0.2, 0) is 27.4 Å². The highest BCUT2D eigenvalue weighted by Crippen LogP contribution is 2.38. The molecule has 2 saturated heterocycles. The van der Waals surface area contributed by atoms with Gasteiger partial charge in [-0.05, 0) is 57.5 Å². The second-order valence-electron chi connectivity index (χ2n) is 9.48. The number of aliphatic carboxylic acids is 2. The number of rotatable bonds is 5. The van der Waals surface area contributed by atoms with E-state index in [1.165, 1.54) is 9.75 Å². The zero-order chi connectivity index (χ0) is 30.1. The number of hydrogen-bond donors (Lipinski definition) is 2. The minimum atomic E-state index is -5.08. The molecule has 2 aromatic rings. The lowest BCUT2D eigenvalue weighted by molar-refractivity contribution is -0.193. The van der Waals surface area contributed by atoms with Gasteiger partial charge in [-0.3, -0.25) is 14.8 Å². The van der Waals surface area contributed by atoms with Gasteiger partial charge in [0, 0.05) is 48.2 Å². The van der Waals surface area contributed by atoms with Gasteiger partial charge in [-0.2, -0.15) is 26.3 Å². The number of piperidine rings is 1. The molecule has 224 valence electrons. The molecule has 8 nitrogen and oxygen atoms in total. The molecular formula is C25H31F6N3O5S. The molecule has 40 heavy (non-hydrogen) atoms. The molecule has 15 heteroatoms. The van der Waals surface area contributed by atoms with E-state index in [0.717, 1.165) is 57.7 Å². The fourth-order valence-corrected chi connectivity index (χ4v) is 5.17. The van der Waals surface area contributed by atoms with Gasteiger partial charge < -0.3 is 14.9 Å². The third-order valence-corrected chi connectivity index (χ3v) is 7.36. The van der Waals surface area contributed by atoms with Crippen molar-refractivity contribution in [2.45, 2.75) is 63.3 Å². The molecule has 0 amide bonds. The van der Waals surface area contributed by atoms with Crippen LogP contribution in [0.3, 0.4) is 0 Å². The Hall–Kier alpha value is -2.75. The van der Waals surface area contributed by atoms with Crippen molar-refractivity contribution < 1.29 is 50.9 Å². The van der Waals surface area contributed by atoms with Gasteiger partial charge in [0.05, 0.1) is 17.9 Å². The van der Waals surface area contributed by atoms with Crippen LogP contribution < -0.4 is 0 Å². The van der Waals surface area contributed by atoms with Crippen molar-refractivity contribution >= 4 is 23.3 Å². The predicted octanol–water partition coefficient (Wildman–Crippen LogP) is 4.97. The van der Waals surface area contributed by atoms with Crippen LogP contribution in [0.4, 0.5) is 26.3 Å². The summed E-state index contributed by atoms with van der Waals surface area (Å²) in [4.78, 5) is 30.1. The molecule has 0 saturated carbocycles. The van der Waals surface area contributed by atoms with Crippen LogP contribution in [0, 0.1) is 6.92 Å². The fourth-order valence-electron chi connectivity index (χ4n) is 4.24. The van der Waals surface area contributed by atoms with Crippen LogP contribution in [0.25, 0.3) is 0 Å². The Kier molecular flexibility index (Phi) is 11.9. The lowest BCUT2D eigenvalue weighted by atomic mass is 9.87. The number of halogens is 6. The maximum Gasteiger partial charge on any atom is 0.490 e. The topological polar surface area (TPSA) is 103 Å². The molecule has 0 bridgehead atoms. The molecule has 2 aliphatic heterocycles. The number of hydrogen-bond acceptors (Lipinski definition) is 7. The van der Waals surface area contributed by atoms with E-state index >= 15 is 0 Å². The van der Waals surface area contributed by atoms with Crippen molar-refractivity contribution in [3.8, 4) is 0 Å². The van der Waals surface area contributed by atoms with Gasteiger partial charge in [0.2, 0.25) is 0 Å². The van der Waals surface area contributed by atoms with E-state index in [9.17, 15) is 26.3 Å². The average molecular weight is 600 g/mol. The minimum Gasteiger partial charge on any atom is -0.475 e. The molecule has 2 aromatic heterocycles. The lowest BCUT2D eigenvalue weighted by Gasteiger charge is -2.38. The highest BCUT2D eigenvalue weighted by molar-refractivity contribution is 7.11. The Balaban J connectivity index is 0.000000333. The van der Waals surface area contributed by atoms with Crippen LogP contribution in [0.15, 0.2) is 36.5 Å². The van der Waals surface area contributed by atoms with Crippen LogP contribution in [0.5, 0.6) is 0 Å². The van der Waals surface area contributed by atoms with Gasteiger partial charge in [0.1, 0.15) is 0 Å². The Bertz CT molecular complexity index is 1060. The van der Waals surface area contributed by atoms with Crippen molar-refractivity contribution in [3.05, 3.63) is 52.0 Å². The molecule has 4 heterocycles. The van der Waals surface area contributed by atoms with Gasteiger partial charge in [-0.15, -0.1) is 11.3 Å². The van der Waals surface area contributed by atoms with Crippen LogP contribution >= 0.6 is 11.3 Å². The van der Waals surface area contributed by atoms with Crippen LogP contribution in [-0.4, -0.2) is 87.7 Å². The highest BCUT2D eigenvalue weighted by atomic mass is 32.1. The molecule has 0 radical (unpaired) electrons. The van der Waals surface area contributed by atoms with Crippen LogP contribution in [0.2, 0.25) is 0 Å². The quantitative estimate of drug-likeness (QED) is 0.465. The first-order chi connectivity index (χ1) is 18.5. The minimum absolute atomic E-state index is 0.102. The Morgan fingerprint density at radius 2 is 1.65 bits per heavy atom. The molecule has 2 N–H and O–H groups in total. The average Bonchev–Trinajstić information content (AvgIpc) is 3.47. The summed E-state index contributed by atoms with van der Waals surface area (Å²) >= 11 is 1.92. The van der Waals surface area contributed by atoms with Crippen molar-refractivity contribution in [3.63, 3.8) is 0 Å². The molecular weight excluding hydrogens is 568 g/mol. The first-order valence-electron chi connectivity index (χ1n) is 12.1. The van der Waals surface area contributed by atoms with Crippen LogP contribution in [0.1, 0.15) is 34.7 Å². The number of aromatic nitrogens is 1. The number of carboxylic acid groups (broad SMARTS) is 2. The van der Waals surface area contributed by atoms with E-state index in [-0.39, 0.29) is 5.60 Å². The molecule has 1 unspecified atom stereocenters. The summed E-state index contributed by atoms with van der Waals surface area (Å²) in [6.45, 7) is 7.33. The predicted molar refractivity (Wildman–Crippen MR) is 134 cm³/mol. The van der Waals surface area contributed by atoms with E-state index < -0.39 is 24.3 Å². The summed E-state index contributed by atoms with van der Waals surface area (Å²) in [5.41, 5.74) is 1.24. The summed E-state index contributed by atoms with van der Waals surface area (Å²) < 4.78 is 69.8. The van der Waals surface area contributed by atoms with E-state index in [0.29, 0.717) is 6.04 Å². The highest BCUT2D eigenvalue weighted by Gasteiger charge is 2.44.